The van der Waals surface area contributed by atoms with Crippen LogP contribution in [0.25, 0.3) is 0 Å². The lowest BCUT2D eigenvalue weighted by Gasteiger charge is -2.34. The largest absolute Gasteiger partial charge is 0.343 e. The lowest BCUT2D eigenvalue weighted by molar-refractivity contribution is -0.145. The monoisotopic (exact) mass is 371 g/mol. The summed E-state index contributed by atoms with van der Waals surface area (Å²) in [5, 5.41) is 0. The van der Waals surface area contributed by atoms with Crippen LogP contribution in [0.3, 0.4) is 0 Å². The fraction of sp³-hybridized carbons (Fsp3) is 0.571. The van der Waals surface area contributed by atoms with Crippen molar-refractivity contribution >= 4 is 17.7 Å². The van der Waals surface area contributed by atoms with Crippen LogP contribution in [0.4, 0.5) is 0 Å². The third kappa shape index (κ3) is 5.08. The summed E-state index contributed by atoms with van der Waals surface area (Å²) >= 11 is 0. The van der Waals surface area contributed by atoms with Crippen LogP contribution in [0.1, 0.15) is 42.4 Å². The Labute approximate surface area is 161 Å². The number of rotatable bonds is 6. The van der Waals surface area contributed by atoms with Gasteiger partial charge in [0.2, 0.25) is 17.7 Å². The molecule has 0 saturated carbocycles. The van der Waals surface area contributed by atoms with Crippen molar-refractivity contribution in [3.05, 3.63) is 34.9 Å². The minimum Gasteiger partial charge on any atom is -0.343 e. The number of amides is 3. The number of likely N-dealkylation sites (tertiary alicyclic amines) is 1. The number of carbonyl (C=O) groups excluding carboxylic acids is 3. The van der Waals surface area contributed by atoms with E-state index in [0.29, 0.717) is 45.4 Å². The summed E-state index contributed by atoms with van der Waals surface area (Å²) in [4.78, 5) is 41.8. The van der Waals surface area contributed by atoms with E-state index in [-0.39, 0.29) is 24.3 Å². The quantitative estimate of drug-likeness (QED) is 0.767. The van der Waals surface area contributed by atoms with Gasteiger partial charge in [-0.25, -0.2) is 0 Å². The average Bonchev–Trinajstić information content (AvgIpc) is 3.01. The third-order valence-electron chi connectivity index (χ3n) is 5.32. The second kappa shape index (κ2) is 8.55. The normalized spacial score (nSPS) is 17.8. The summed E-state index contributed by atoms with van der Waals surface area (Å²) < 4.78 is 0. The zero-order valence-electron chi connectivity index (χ0n) is 16.4. The van der Waals surface area contributed by atoms with Crippen molar-refractivity contribution < 1.29 is 14.4 Å². The number of aryl methyl sites for hydroxylation is 2. The van der Waals surface area contributed by atoms with E-state index in [2.05, 4.69) is 32.0 Å². The van der Waals surface area contributed by atoms with Gasteiger partial charge in [0.05, 0.1) is 6.54 Å². The Balaban J connectivity index is 1.45. The molecule has 146 valence electrons. The topological polar surface area (TPSA) is 60.9 Å². The van der Waals surface area contributed by atoms with Crippen LogP contribution in [0.15, 0.2) is 18.2 Å². The predicted octanol–water partition coefficient (Wildman–Crippen LogP) is 1.88. The van der Waals surface area contributed by atoms with Crippen molar-refractivity contribution in [2.45, 2.75) is 46.1 Å². The zero-order valence-corrected chi connectivity index (χ0v) is 16.4. The van der Waals surface area contributed by atoms with Crippen LogP contribution in [0.5, 0.6) is 0 Å². The number of hydrogen-bond acceptors (Lipinski definition) is 3. The maximum Gasteiger partial charge on any atom is 0.242 e. The van der Waals surface area contributed by atoms with Crippen LogP contribution in [0.2, 0.25) is 0 Å². The van der Waals surface area contributed by atoms with Crippen LogP contribution in [-0.2, 0) is 20.9 Å². The minimum atomic E-state index is 0.00322. The summed E-state index contributed by atoms with van der Waals surface area (Å²) in [7, 11) is 0. The number of hydrogen-bond donors (Lipinski definition) is 0. The van der Waals surface area contributed by atoms with E-state index in [1.54, 1.807) is 4.90 Å². The van der Waals surface area contributed by atoms with Gasteiger partial charge >= 0.3 is 0 Å². The maximum atomic E-state index is 12.5. The van der Waals surface area contributed by atoms with Crippen LogP contribution < -0.4 is 0 Å². The summed E-state index contributed by atoms with van der Waals surface area (Å²) in [5.74, 6) is 0.210. The Morgan fingerprint density at radius 1 is 0.963 bits per heavy atom. The first kappa shape index (κ1) is 19.4. The molecule has 2 fully saturated rings. The second-order valence-electron chi connectivity index (χ2n) is 7.71. The summed E-state index contributed by atoms with van der Waals surface area (Å²) in [6.45, 7) is 7.48. The van der Waals surface area contributed by atoms with Gasteiger partial charge in [-0.1, -0.05) is 29.3 Å². The Hall–Kier alpha value is -2.37. The molecular formula is C21H29N3O3. The Bertz CT molecular complexity index is 711. The minimum absolute atomic E-state index is 0.00322. The average molecular weight is 371 g/mol. The molecule has 0 unspecified atom stereocenters. The van der Waals surface area contributed by atoms with Crippen LogP contribution in [-0.4, -0.2) is 65.1 Å². The lowest BCUT2D eigenvalue weighted by atomic mass is 10.1. The number of carbonyl (C=O) groups is 3. The Morgan fingerprint density at radius 3 is 2.33 bits per heavy atom. The fourth-order valence-corrected chi connectivity index (χ4v) is 3.99. The molecule has 3 amide bonds. The molecule has 2 heterocycles. The summed E-state index contributed by atoms with van der Waals surface area (Å²) in [5.41, 5.74) is 3.53. The standard InChI is InChI=1S/C21H29N3O3/c1-16-11-17(2)13-18(12-16)14-23-9-10-24(15-21(23)27)20(26)6-4-8-22-7-3-5-19(22)25/h11-13H,3-10,14-15H2,1-2H3. The molecule has 6 heteroatoms. The first-order valence-electron chi connectivity index (χ1n) is 9.83. The first-order chi connectivity index (χ1) is 12.9. The van der Waals surface area contributed by atoms with Gasteiger partial charge in [0.1, 0.15) is 0 Å². The predicted molar refractivity (Wildman–Crippen MR) is 103 cm³/mol. The highest BCUT2D eigenvalue weighted by Gasteiger charge is 2.27. The summed E-state index contributed by atoms with van der Waals surface area (Å²) in [6, 6.07) is 6.34. The van der Waals surface area contributed by atoms with Gasteiger partial charge in [-0.05, 0) is 32.3 Å². The van der Waals surface area contributed by atoms with Gasteiger partial charge in [0.25, 0.3) is 0 Å². The second-order valence-corrected chi connectivity index (χ2v) is 7.71. The maximum absolute atomic E-state index is 12.5. The zero-order chi connectivity index (χ0) is 19.4. The molecule has 0 bridgehead atoms. The van der Waals surface area contributed by atoms with E-state index in [1.807, 2.05) is 9.80 Å². The molecule has 0 spiro atoms. The number of nitrogens with zero attached hydrogens (tertiary/aromatic N) is 3. The molecule has 0 radical (unpaired) electrons. The van der Waals surface area contributed by atoms with Gasteiger partial charge in [-0.15, -0.1) is 0 Å². The van der Waals surface area contributed by atoms with Gasteiger partial charge in [-0.2, -0.15) is 0 Å². The lowest BCUT2D eigenvalue weighted by Crippen LogP contribution is -2.51. The highest BCUT2D eigenvalue weighted by Crippen LogP contribution is 2.15. The van der Waals surface area contributed by atoms with Crippen molar-refractivity contribution in [1.29, 1.82) is 0 Å². The molecule has 3 rings (SSSR count). The van der Waals surface area contributed by atoms with Crippen molar-refractivity contribution in [2.75, 3.05) is 32.7 Å². The van der Waals surface area contributed by atoms with E-state index >= 15 is 0 Å². The SMILES string of the molecule is Cc1cc(C)cc(CN2CCN(C(=O)CCCN3CCCC3=O)CC2=O)c1. The van der Waals surface area contributed by atoms with E-state index in [0.717, 1.165) is 18.5 Å². The number of benzene rings is 1. The van der Waals surface area contributed by atoms with E-state index in [1.165, 1.54) is 11.1 Å². The Kier molecular flexibility index (Phi) is 6.14. The molecule has 1 aromatic carbocycles. The van der Waals surface area contributed by atoms with Gasteiger partial charge in [0, 0.05) is 45.6 Å². The van der Waals surface area contributed by atoms with E-state index in [9.17, 15) is 14.4 Å². The molecule has 2 aliphatic rings. The van der Waals surface area contributed by atoms with Gasteiger partial charge < -0.3 is 14.7 Å². The Morgan fingerprint density at radius 2 is 1.70 bits per heavy atom. The van der Waals surface area contributed by atoms with E-state index in [4.69, 9.17) is 0 Å². The van der Waals surface area contributed by atoms with Crippen molar-refractivity contribution in [1.82, 2.24) is 14.7 Å². The molecule has 0 aliphatic carbocycles. The third-order valence-corrected chi connectivity index (χ3v) is 5.32. The van der Waals surface area contributed by atoms with Crippen LogP contribution >= 0.6 is 0 Å². The van der Waals surface area contributed by atoms with Gasteiger partial charge in [0.15, 0.2) is 0 Å². The molecular weight excluding hydrogens is 342 g/mol. The molecule has 2 saturated heterocycles. The molecule has 0 aromatic heterocycles. The highest BCUT2D eigenvalue weighted by atomic mass is 16.2. The van der Waals surface area contributed by atoms with Crippen molar-refractivity contribution in [3.63, 3.8) is 0 Å². The molecule has 0 atom stereocenters. The molecule has 27 heavy (non-hydrogen) atoms. The van der Waals surface area contributed by atoms with Crippen LogP contribution in [0, 0.1) is 13.8 Å². The number of piperazine rings is 1. The van der Waals surface area contributed by atoms with Crippen molar-refractivity contribution in [2.24, 2.45) is 0 Å². The smallest absolute Gasteiger partial charge is 0.242 e. The summed E-state index contributed by atoms with van der Waals surface area (Å²) in [6.07, 6.45) is 2.62. The molecule has 2 aliphatic heterocycles. The molecule has 0 N–H and O–H groups in total. The first-order valence-corrected chi connectivity index (χ1v) is 9.83. The molecule has 6 nitrogen and oxygen atoms in total. The molecule has 1 aromatic rings. The fourth-order valence-electron chi connectivity index (χ4n) is 3.99. The van der Waals surface area contributed by atoms with E-state index < -0.39 is 0 Å². The van der Waals surface area contributed by atoms with Gasteiger partial charge in [-0.3, -0.25) is 14.4 Å². The van der Waals surface area contributed by atoms with Crippen molar-refractivity contribution in [3.8, 4) is 0 Å². The highest BCUT2D eigenvalue weighted by molar-refractivity contribution is 5.86.